The molecule has 254 valence electrons. The minimum atomic E-state index is -3.01. The van der Waals surface area contributed by atoms with Gasteiger partial charge in [-0.2, -0.15) is 0 Å². The average molecular weight is 672 g/mol. The lowest BCUT2D eigenvalue weighted by Crippen LogP contribution is -3.10. The summed E-state index contributed by atoms with van der Waals surface area (Å²) in [6.45, 7) is 13.7. The summed E-state index contributed by atoms with van der Waals surface area (Å²) < 4.78 is 35.3. The van der Waals surface area contributed by atoms with Crippen LogP contribution < -0.4 is 10.2 Å². The zero-order valence-electron chi connectivity index (χ0n) is 28.1. The van der Waals surface area contributed by atoms with Gasteiger partial charge in [-0.1, -0.05) is 65.8 Å². The van der Waals surface area contributed by atoms with E-state index in [1.165, 1.54) is 17.6 Å². The van der Waals surface area contributed by atoms with E-state index in [9.17, 15) is 22.5 Å². The maximum absolute atomic E-state index is 12.0. The largest absolute Gasteiger partial charge is 0.481 e. The number of quaternary nitrogens is 1. The van der Waals surface area contributed by atoms with Gasteiger partial charge >= 0.3 is 5.97 Å². The van der Waals surface area contributed by atoms with Gasteiger partial charge in [0.25, 0.3) is 0 Å². The Morgan fingerprint density at radius 2 is 1.70 bits per heavy atom. The summed E-state index contributed by atoms with van der Waals surface area (Å²) in [4.78, 5) is 13.5. The Labute approximate surface area is 280 Å². The van der Waals surface area contributed by atoms with E-state index in [0.29, 0.717) is 6.42 Å². The Balaban J connectivity index is 0.00000177. The van der Waals surface area contributed by atoms with Crippen LogP contribution in [0.3, 0.4) is 0 Å². The predicted molar refractivity (Wildman–Crippen MR) is 194 cm³/mol. The number of carboxylic acids is 1. The van der Waals surface area contributed by atoms with Crippen molar-refractivity contribution in [3.05, 3.63) is 89.2 Å². The maximum Gasteiger partial charge on any atom is 0.307 e. The summed E-state index contributed by atoms with van der Waals surface area (Å²) in [6.07, 6.45) is 16.0. The molecule has 2 aliphatic heterocycles. The van der Waals surface area contributed by atoms with Crippen LogP contribution in [0.1, 0.15) is 84.9 Å². The highest BCUT2D eigenvalue weighted by Crippen LogP contribution is 2.44. The highest BCUT2D eigenvalue weighted by molar-refractivity contribution is 7.90. The lowest BCUT2D eigenvalue weighted by Gasteiger charge is -2.27. The number of carbonyl (C=O) groups is 1. The molecule has 3 atom stereocenters. The van der Waals surface area contributed by atoms with Gasteiger partial charge in [-0.3, -0.25) is 13.9 Å². The topological polar surface area (TPSA) is 105 Å². The number of unbranched alkanes of at least 4 members (excludes halogenated alkanes) is 1. The number of hydrogen-bond acceptors (Lipinski definition) is 5. The number of benzene rings is 2. The Morgan fingerprint density at radius 1 is 1.02 bits per heavy atom. The predicted octanol–water partition coefficient (Wildman–Crippen LogP) is 6.50. The fraction of sp³-hybridized carbons (Fsp3) is 0.486. The van der Waals surface area contributed by atoms with Gasteiger partial charge in [0.15, 0.2) is 0 Å². The van der Waals surface area contributed by atoms with Crippen LogP contribution in [0.2, 0.25) is 0 Å². The third-order valence-electron chi connectivity index (χ3n) is 8.57. The number of carboxylic acid groups (broad SMARTS) is 1. The molecule has 0 spiro atoms. The second-order valence-electron chi connectivity index (χ2n) is 13.2. The minimum Gasteiger partial charge on any atom is -0.481 e. The zero-order valence-corrected chi connectivity index (χ0v) is 29.7. The summed E-state index contributed by atoms with van der Waals surface area (Å²) in [5, 5.41) is 12.8. The van der Waals surface area contributed by atoms with Crippen LogP contribution in [0.15, 0.2) is 77.4 Å². The molecule has 0 saturated carbocycles. The van der Waals surface area contributed by atoms with Crippen LogP contribution in [0.4, 0.5) is 11.4 Å². The van der Waals surface area contributed by atoms with Crippen LogP contribution >= 0.6 is 0 Å². The molecule has 2 aromatic carbocycles. The number of allylic oxidation sites excluding steroid dienone is 5. The van der Waals surface area contributed by atoms with E-state index in [4.69, 9.17) is 0 Å². The monoisotopic (exact) mass is 671 g/mol. The molecule has 3 N–H and O–H groups in total. The number of aliphatic carboxylic acids is 1. The molecule has 9 heteroatoms. The van der Waals surface area contributed by atoms with Crippen molar-refractivity contribution in [2.24, 2.45) is 0 Å². The van der Waals surface area contributed by atoms with E-state index in [2.05, 4.69) is 65.1 Å². The molecule has 46 heavy (non-hydrogen) atoms. The van der Waals surface area contributed by atoms with Gasteiger partial charge in [0.05, 0.1) is 24.1 Å². The van der Waals surface area contributed by atoms with Crippen molar-refractivity contribution in [2.45, 2.75) is 96.4 Å². The van der Waals surface area contributed by atoms with Crippen molar-refractivity contribution >= 4 is 38.0 Å². The summed E-state index contributed by atoms with van der Waals surface area (Å²) in [6, 6.07) is 12.0. The van der Waals surface area contributed by atoms with Gasteiger partial charge in [0.2, 0.25) is 0 Å². The van der Waals surface area contributed by atoms with E-state index in [1.807, 2.05) is 48.6 Å². The van der Waals surface area contributed by atoms with Crippen molar-refractivity contribution < 1.29 is 27.4 Å². The molecule has 0 amide bonds. The molecule has 0 fully saturated rings. The summed E-state index contributed by atoms with van der Waals surface area (Å²) >= 11 is 0. The van der Waals surface area contributed by atoms with Crippen molar-refractivity contribution in [1.29, 1.82) is 0 Å². The Hall–Kier alpha value is -3.01. The van der Waals surface area contributed by atoms with Gasteiger partial charge in [0, 0.05) is 50.6 Å². The lowest BCUT2D eigenvalue weighted by molar-refractivity contribution is -0.850. The van der Waals surface area contributed by atoms with E-state index in [0.717, 1.165) is 51.6 Å². The van der Waals surface area contributed by atoms with Crippen LogP contribution in [0.25, 0.3) is 0 Å². The quantitative estimate of drug-likeness (QED) is 0.186. The Morgan fingerprint density at radius 3 is 2.30 bits per heavy atom. The van der Waals surface area contributed by atoms with Crippen LogP contribution in [0.5, 0.6) is 0 Å². The molecule has 0 aliphatic carbocycles. The van der Waals surface area contributed by atoms with Crippen molar-refractivity contribution in [3.63, 3.8) is 0 Å². The van der Waals surface area contributed by atoms with E-state index >= 15 is 0 Å². The molecule has 0 saturated heterocycles. The molecule has 2 heterocycles. The second kappa shape index (κ2) is 16.2. The molecular weight excluding hydrogens is 617 g/mol. The smallest absolute Gasteiger partial charge is 0.307 e. The third-order valence-corrected chi connectivity index (χ3v) is 10.5. The number of fused-ring (bicyclic) bond motifs is 2. The molecule has 3 unspecified atom stereocenters. The fourth-order valence-corrected chi connectivity index (χ4v) is 7.47. The minimum absolute atomic E-state index is 0. The highest BCUT2D eigenvalue weighted by Gasteiger charge is 2.47. The molecule has 2 aliphatic rings. The van der Waals surface area contributed by atoms with Crippen LogP contribution in [-0.2, 0) is 42.7 Å². The van der Waals surface area contributed by atoms with Crippen LogP contribution in [0, 0.1) is 0 Å². The molecule has 2 aromatic rings. The molecule has 4 rings (SSSR count). The first kappa shape index (κ1) is 39.2. The summed E-state index contributed by atoms with van der Waals surface area (Å²) in [7, 11) is -4.04. The number of hydrogen-bond donors (Lipinski definition) is 3. The lowest BCUT2D eigenvalue weighted by atomic mass is 9.79. The number of anilines is 1. The normalized spacial score (nSPS) is 20.8. The van der Waals surface area contributed by atoms with Crippen molar-refractivity contribution in [2.75, 3.05) is 30.1 Å². The van der Waals surface area contributed by atoms with Gasteiger partial charge in [-0.25, -0.2) is 8.42 Å². The van der Waals surface area contributed by atoms with Crippen LogP contribution in [-0.4, -0.2) is 54.6 Å². The summed E-state index contributed by atoms with van der Waals surface area (Å²) in [5.41, 5.74) is 5.82. The highest BCUT2D eigenvalue weighted by atomic mass is 32.2. The number of nitrogens with one attached hydrogen (secondary N) is 2. The number of sulfone groups is 1. The van der Waals surface area contributed by atoms with Crippen molar-refractivity contribution in [3.8, 4) is 0 Å². The van der Waals surface area contributed by atoms with Gasteiger partial charge in [-0.05, 0) is 80.3 Å². The first-order valence-corrected chi connectivity index (χ1v) is 19.3. The molecule has 0 radical (unpaired) electrons. The standard InChI is InChI=1S/C33H42N2O5S2.C3H8.CH4/c1-32(2)25-22-24(41(5)38)15-16-27(25)34-29(32)12-8-7-9-13-30-33(3,4)26-20-23(21-31(36)37)14-17-28(26)35(30)18-10-11-19-42(6,39)40;1-3-2;/h7-9,12-17,20,22,30,34H,10-11,18-19,21H2,1-6H3,(H,36,37);3H2,1-2H3;1H4/p+1/b8-7+,13-9+,29-12+;;. The first-order valence-electron chi connectivity index (χ1n) is 15.7. The van der Waals surface area contributed by atoms with Gasteiger partial charge < -0.3 is 10.4 Å². The van der Waals surface area contributed by atoms with E-state index in [1.54, 1.807) is 6.26 Å². The Kier molecular flexibility index (Phi) is 13.8. The number of rotatable bonds is 11. The maximum atomic E-state index is 12.0. The van der Waals surface area contributed by atoms with Gasteiger partial charge in [-0.15, -0.1) is 0 Å². The third kappa shape index (κ3) is 9.52. The van der Waals surface area contributed by atoms with Gasteiger partial charge in [0.1, 0.15) is 21.6 Å². The second-order valence-corrected chi connectivity index (χ2v) is 16.9. The molecule has 0 aromatic heterocycles. The molecular formula is C37H55N2O5S2+. The molecule has 0 bridgehead atoms. The molecule has 7 nitrogen and oxygen atoms in total. The zero-order chi connectivity index (χ0) is 33.6. The SMILES string of the molecule is C.CCC.CS(=O)c1ccc2c(c1)C(C)(C)\C(=C/C=C/C=C/C1[NH+](CCCCS(C)(=O)=O)c3ccc(CC(=O)O)cc3C1(C)C)N2. The van der Waals surface area contributed by atoms with E-state index in [-0.39, 0.29) is 36.5 Å². The summed E-state index contributed by atoms with van der Waals surface area (Å²) in [5.74, 6) is -0.673. The average Bonchev–Trinajstić information content (AvgIpc) is 3.31. The Bertz CT molecular complexity index is 1600. The first-order chi connectivity index (χ1) is 21.0. The fourth-order valence-electron chi connectivity index (χ4n) is 6.20. The van der Waals surface area contributed by atoms with E-state index < -0.39 is 26.6 Å². The van der Waals surface area contributed by atoms with Crippen molar-refractivity contribution in [1.82, 2.24) is 0 Å².